The van der Waals surface area contributed by atoms with Crippen LogP contribution in [0.4, 0.5) is 13.2 Å². The van der Waals surface area contributed by atoms with Gasteiger partial charge in [0.2, 0.25) is 5.79 Å². The van der Waals surface area contributed by atoms with Gasteiger partial charge in [0.25, 0.3) is 5.70 Å². The summed E-state index contributed by atoms with van der Waals surface area (Å²) in [7, 11) is 0. The van der Waals surface area contributed by atoms with Gasteiger partial charge in [-0.1, -0.05) is 18.2 Å². The first-order valence-electron chi connectivity index (χ1n) is 14.9. The molecule has 0 spiro atoms. The molecule has 16 nitrogen and oxygen atoms in total. The number of carbonyl (C=O) groups is 5. The minimum atomic E-state index is -4.96. The highest BCUT2D eigenvalue weighted by Gasteiger charge is 2.59. The average molecular weight is 717 g/mol. The second-order valence-electron chi connectivity index (χ2n) is 11.3. The van der Waals surface area contributed by atoms with Crippen LogP contribution in [0.1, 0.15) is 65.0 Å². The molecule has 2 aliphatic heterocycles. The lowest BCUT2D eigenvalue weighted by molar-refractivity contribution is -0.431. The molecule has 0 radical (unpaired) electrons. The zero-order valence-corrected chi connectivity index (χ0v) is 27.7. The second kappa shape index (κ2) is 15.7. The van der Waals surface area contributed by atoms with E-state index in [4.69, 9.17) is 28.4 Å². The standard InChI is InChI=1S/C31H35F3N2O14/c1-14-23(24(25(36(43)44)15(2)35-14)20-9-7-8-10-21(20)31(32,33)34)29(41)45-12-11-30(42)28(49-19(6)40)27(48-18(5)39)26(47-17(4)38)22(50-30)13-46-16(3)37/h7-10,22,24,26-28,35,42H,11-13H2,1-6H3/t22-,24?,26-,27+,28-,30-/m1/s1. The van der Waals surface area contributed by atoms with E-state index in [2.05, 4.69) is 5.32 Å². The Hall–Kier alpha value is -5.04. The Morgan fingerprint density at radius 2 is 1.50 bits per heavy atom. The lowest BCUT2D eigenvalue weighted by Crippen LogP contribution is -2.68. The van der Waals surface area contributed by atoms with E-state index in [1.54, 1.807) is 0 Å². The highest BCUT2D eigenvalue weighted by molar-refractivity contribution is 5.92. The third-order valence-corrected chi connectivity index (χ3v) is 7.55. The maximum Gasteiger partial charge on any atom is 0.416 e. The summed E-state index contributed by atoms with van der Waals surface area (Å²) in [5, 5.41) is 26.5. The van der Waals surface area contributed by atoms with Crippen molar-refractivity contribution in [2.24, 2.45) is 0 Å². The van der Waals surface area contributed by atoms with Crippen molar-refractivity contribution >= 4 is 29.8 Å². The first-order valence-corrected chi connectivity index (χ1v) is 14.9. The molecule has 1 aromatic carbocycles. The van der Waals surface area contributed by atoms with Gasteiger partial charge in [0.1, 0.15) is 18.6 Å². The molecule has 0 aromatic heterocycles. The van der Waals surface area contributed by atoms with Gasteiger partial charge < -0.3 is 38.8 Å². The van der Waals surface area contributed by atoms with Crippen LogP contribution < -0.4 is 5.32 Å². The number of dihydropyridines is 1. The number of allylic oxidation sites excluding steroid dienone is 3. The first kappa shape index (κ1) is 39.4. The highest BCUT2D eigenvalue weighted by Crippen LogP contribution is 2.44. The summed E-state index contributed by atoms with van der Waals surface area (Å²) in [6.07, 6.45) is -12.6. The van der Waals surface area contributed by atoms with E-state index in [0.717, 1.165) is 39.8 Å². The highest BCUT2D eigenvalue weighted by atomic mass is 19.4. The van der Waals surface area contributed by atoms with Gasteiger partial charge in [-0.05, 0) is 25.5 Å². The molecule has 2 heterocycles. The van der Waals surface area contributed by atoms with Crippen LogP contribution in [-0.4, -0.2) is 83.3 Å². The number of nitrogens with one attached hydrogen (secondary N) is 1. The number of hydrogen-bond donors (Lipinski definition) is 2. The molecule has 0 bridgehead atoms. The zero-order valence-electron chi connectivity index (χ0n) is 27.7. The number of ether oxygens (including phenoxy) is 6. The van der Waals surface area contributed by atoms with Crippen molar-refractivity contribution in [1.82, 2.24) is 5.32 Å². The van der Waals surface area contributed by atoms with Gasteiger partial charge in [-0.25, -0.2) is 4.79 Å². The topological polar surface area (TPSA) is 216 Å². The predicted molar refractivity (Wildman–Crippen MR) is 158 cm³/mol. The fourth-order valence-electron chi connectivity index (χ4n) is 5.73. The molecular formula is C31H35F3N2O14. The number of benzene rings is 1. The Balaban J connectivity index is 2.02. The lowest BCUT2D eigenvalue weighted by atomic mass is 9.81. The van der Waals surface area contributed by atoms with Crippen LogP contribution in [0.15, 0.2) is 46.9 Å². The number of halogens is 3. The van der Waals surface area contributed by atoms with Gasteiger partial charge in [-0.15, -0.1) is 0 Å². The van der Waals surface area contributed by atoms with E-state index in [1.807, 2.05) is 0 Å². The largest absolute Gasteiger partial charge is 0.463 e. The second-order valence-corrected chi connectivity index (χ2v) is 11.3. The number of carbonyl (C=O) groups excluding carboxylic acids is 5. The summed E-state index contributed by atoms with van der Waals surface area (Å²) in [6, 6.07) is 4.01. The molecule has 19 heteroatoms. The van der Waals surface area contributed by atoms with Gasteiger partial charge in [0.15, 0.2) is 18.3 Å². The molecule has 1 saturated heterocycles. The first-order chi connectivity index (χ1) is 23.2. The minimum Gasteiger partial charge on any atom is -0.463 e. The third-order valence-electron chi connectivity index (χ3n) is 7.55. The monoisotopic (exact) mass is 716 g/mol. The van der Waals surface area contributed by atoms with Gasteiger partial charge >= 0.3 is 36.0 Å². The SMILES string of the molecule is CC(=O)OC[C@H]1O[C@](O)(CCOC(=O)C2=C(C)NC(C)=C([N+](=O)[O-])C2c2ccccc2C(F)(F)F)[C@H](OC(C)=O)[C@@H](OC(C)=O)[C@@H]1OC(C)=O. The van der Waals surface area contributed by atoms with Crippen molar-refractivity contribution in [2.45, 2.75) is 90.3 Å². The number of nitrogens with zero attached hydrogens (tertiary/aromatic N) is 1. The number of rotatable bonds is 11. The van der Waals surface area contributed by atoms with Crippen molar-refractivity contribution in [3.05, 3.63) is 68.2 Å². The van der Waals surface area contributed by atoms with Crippen LogP contribution >= 0.6 is 0 Å². The minimum absolute atomic E-state index is 0.0638. The molecule has 1 unspecified atom stereocenters. The number of aliphatic hydroxyl groups is 1. The summed E-state index contributed by atoms with van der Waals surface area (Å²) in [5.41, 5.74) is -3.32. The molecule has 2 aliphatic rings. The van der Waals surface area contributed by atoms with Gasteiger partial charge in [0, 0.05) is 39.8 Å². The van der Waals surface area contributed by atoms with E-state index in [0.29, 0.717) is 6.07 Å². The van der Waals surface area contributed by atoms with E-state index >= 15 is 0 Å². The summed E-state index contributed by atoms with van der Waals surface area (Å²) in [6.45, 7) is 4.98. The molecule has 0 amide bonds. The molecule has 50 heavy (non-hydrogen) atoms. The van der Waals surface area contributed by atoms with Crippen LogP contribution in [-0.2, 0) is 58.6 Å². The summed E-state index contributed by atoms with van der Waals surface area (Å²) >= 11 is 0. The maximum atomic E-state index is 14.1. The fraction of sp³-hybridized carbons (Fsp3) is 0.516. The lowest BCUT2D eigenvalue weighted by Gasteiger charge is -2.48. The van der Waals surface area contributed by atoms with Crippen LogP contribution in [0.5, 0.6) is 0 Å². The van der Waals surface area contributed by atoms with E-state index in [1.165, 1.54) is 19.9 Å². The number of hydrogen-bond acceptors (Lipinski definition) is 15. The molecule has 1 aromatic rings. The Labute approximate surface area is 282 Å². The molecular weight excluding hydrogens is 681 g/mol. The van der Waals surface area contributed by atoms with Gasteiger partial charge in [-0.3, -0.25) is 29.3 Å². The van der Waals surface area contributed by atoms with Crippen molar-refractivity contribution in [3.63, 3.8) is 0 Å². The van der Waals surface area contributed by atoms with Crippen LogP contribution in [0, 0.1) is 10.1 Å². The molecule has 0 saturated carbocycles. The average Bonchev–Trinajstić information content (AvgIpc) is 2.97. The van der Waals surface area contributed by atoms with Crippen LogP contribution in [0.3, 0.4) is 0 Å². The van der Waals surface area contributed by atoms with E-state index < -0.39 is 119 Å². The fourth-order valence-corrected chi connectivity index (χ4v) is 5.73. The zero-order chi connectivity index (χ0) is 37.7. The smallest absolute Gasteiger partial charge is 0.416 e. The summed E-state index contributed by atoms with van der Waals surface area (Å²) < 4.78 is 74.0. The third kappa shape index (κ3) is 9.14. The molecule has 3 rings (SSSR count). The summed E-state index contributed by atoms with van der Waals surface area (Å²) in [5.74, 6) is -9.64. The van der Waals surface area contributed by atoms with E-state index in [-0.39, 0.29) is 11.4 Å². The van der Waals surface area contributed by atoms with Gasteiger partial charge in [-0.2, -0.15) is 13.2 Å². The predicted octanol–water partition coefficient (Wildman–Crippen LogP) is 2.55. The quantitative estimate of drug-likeness (QED) is 0.146. The Morgan fingerprint density at radius 1 is 0.920 bits per heavy atom. The van der Waals surface area contributed by atoms with E-state index in [9.17, 15) is 52.4 Å². The van der Waals surface area contributed by atoms with Crippen LogP contribution in [0.2, 0.25) is 0 Å². The van der Waals surface area contributed by atoms with Crippen molar-refractivity contribution in [1.29, 1.82) is 0 Å². The normalized spacial score (nSPS) is 25.2. The molecule has 2 N–H and O–H groups in total. The molecule has 6 atom stereocenters. The Bertz CT molecular complexity index is 1610. The molecule has 274 valence electrons. The van der Waals surface area contributed by atoms with Crippen molar-refractivity contribution < 1.29 is 75.6 Å². The number of esters is 5. The van der Waals surface area contributed by atoms with Crippen molar-refractivity contribution in [3.8, 4) is 0 Å². The Morgan fingerprint density at radius 3 is 2.04 bits per heavy atom. The van der Waals surface area contributed by atoms with Gasteiger partial charge in [0.05, 0.1) is 28.4 Å². The van der Waals surface area contributed by atoms with Crippen LogP contribution in [0.25, 0.3) is 0 Å². The maximum absolute atomic E-state index is 14.1. The number of nitro groups is 1. The number of alkyl halides is 3. The molecule has 1 fully saturated rings. The summed E-state index contributed by atoms with van der Waals surface area (Å²) in [4.78, 5) is 72.6. The molecule has 0 aliphatic carbocycles. The van der Waals surface area contributed by atoms with Crippen molar-refractivity contribution in [2.75, 3.05) is 13.2 Å². The Kier molecular flexibility index (Phi) is 12.3.